The molecule has 0 aliphatic carbocycles. The molecule has 22 heavy (non-hydrogen) atoms. The SMILES string of the molecule is CS(=O)(=O)c1ccc(S(=O)(=O)N2CCCC(CN)C2)cc1.Cl. The van der Waals surface area contributed by atoms with Gasteiger partial charge in [0.05, 0.1) is 9.79 Å². The number of benzene rings is 1. The predicted octanol–water partition coefficient (Wildman–Crippen LogP) is 0.871. The van der Waals surface area contributed by atoms with E-state index in [1.165, 1.54) is 28.6 Å². The van der Waals surface area contributed by atoms with E-state index < -0.39 is 19.9 Å². The highest BCUT2D eigenvalue weighted by Gasteiger charge is 2.29. The van der Waals surface area contributed by atoms with Gasteiger partial charge in [-0.25, -0.2) is 16.8 Å². The minimum Gasteiger partial charge on any atom is -0.330 e. The van der Waals surface area contributed by atoms with Gasteiger partial charge < -0.3 is 5.73 Å². The zero-order chi connectivity index (χ0) is 15.7. The zero-order valence-corrected chi connectivity index (χ0v) is 14.8. The van der Waals surface area contributed by atoms with Crippen molar-refractivity contribution in [3.63, 3.8) is 0 Å². The van der Waals surface area contributed by atoms with Gasteiger partial charge in [-0.2, -0.15) is 4.31 Å². The van der Waals surface area contributed by atoms with E-state index in [1.54, 1.807) is 0 Å². The summed E-state index contributed by atoms with van der Waals surface area (Å²) in [7, 11) is -6.91. The van der Waals surface area contributed by atoms with Gasteiger partial charge in [-0.15, -0.1) is 12.4 Å². The second-order valence-electron chi connectivity index (χ2n) is 5.35. The maximum atomic E-state index is 12.5. The molecule has 2 rings (SSSR count). The monoisotopic (exact) mass is 368 g/mol. The first-order chi connectivity index (χ1) is 9.75. The maximum absolute atomic E-state index is 12.5. The van der Waals surface area contributed by atoms with Gasteiger partial charge >= 0.3 is 0 Å². The van der Waals surface area contributed by atoms with Crippen LogP contribution in [0.1, 0.15) is 12.8 Å². The number of nitrogens with zero attached hydrogens (tertiary/aromatic N) is 1. The van der Waals surface area contributed by atoms with Gasteiger partial charge in [-0.3, -0.25) is 0 Å². The van der Waals surface area contributed by atoms with Gasteiger partial charge in [0.1, 0.15) is 0 Å². The average Bonchev–Trinajstić information content (AvgIpc) is 2.46. The molecule has 1 aliphatic rings. The summed E-state index contributed by atoms with van der Waals surface area (Å²) >= 11 is 0. The van der Waals surface area contributed by atoms with Crippen LogP contribution in [0.3, 0.4) is 0 Å². The maximum Gasteiger partial charge on any atom is 0.243 e. The van der Waals surface area contributed by atoms with E-state index in [4.69, 9.17) is 5.73 Å². The average molecular weight is 369 g/mol. The molecule has 0 bridgehead atoms. The number of sulfonamides is 1. The first-order valence-electron chi connectivity index (χ1n) is 6.75. The Kier molecular flexibility index (Phi) is 6.40. The van der Waals surface area contributed by atoms with Crippen molar-refractivity contribution in [2.75, 3.05) is 25.9 Å². The molecule has 1 aromatic carbocycles. The summed E-state index contributed by atoms with van der Waals surface area (Å²) in [6.45, 7) is 1.37. The summed E-state index contributed by atoms with van der Waals surface area (Å²) in [5.74, 6) is 0.184. The molecule has 1 saturated heterocycles. The fourth-order valence-corrected chi connectivity index (χ4v) is 4.63. The van der Waals surface area contributed by atoms with E-state index in [0.717, 1.165) is 19.1 Å². The summed E-state index contributed by atoms with van der Waals surface area (Å²) in [5, 5.41) is 0. The van der Waals surface area contributed by atoms with Crippen molar-refractivity contribution < 1.29 is 16.8 Å². The highest BCUT2D eigenvalue weighted by atomic mass is 35.5. The third kappa shape index (κ3) is 4.20. The fraction of sp³-hybridized carbons (Fsp3) is 0.538. The molecule has 1 atom stereocenters. The van der Waals surface area contributed by atoms with E-state index in [-0.39, 0.29) is 28.1 Å². The minimum absolute atomic E-state index is 0. The Bertz CT molecular complexity index is 702. The number of piperidine rings is 1. The topological polar surface area (TPSA) is 97.5 Å². The number of nitrogens with two attached hydrogens (primary N) is 1. The van der Waals surface area contributed by atoms with Gasteiger partial charge in [-0.1, -0.05) is 0 Å². The van der Waals surface area contributed by atoms with Gasteiger partial charge in [-0.05, 0) is 49.6 Å². The molecule has 0 amide bonds. The molecule has 1 heterocycles. The molecular weight excluding hydrogens is 348 g/mol. The number of hydrogen-bond acceptors (Lipinski definition) is 5. The Labute approximate surface area is 138 Å². The van der Waals surface area contributed by atoms with Crippen molar-refractivity contribution in [2.24, 2.45) is 11.7 Å². The summed E-state index contributed by atoms with van der Waals surface area (Å²) in [6, 6.07) is 5.34. The summed E-state index contributed by atoms with van der Waals surface area (Å²) in [5.41, 5.74) is 5.63. The van der Waals surface area contributed by atoms with Crippen LogP contribution in [-0.4, -0.2) is 47.0 Å². The largest absolute Gasteiger partial charge is 0.330 e. The molecule has 0 saturated carbocycles. The van der Waals surface area contributed by atoms with Gasteiger partial charge in [0.25, 0.3) is 0 Å². The Morgan fingerprint density at radius 3 is 2.18 bits per heavy atom. The molecule has 1 unspecified atom stereocenters. The van der Waals surface area contributed by atoms with Crippen molar-refractivity contribution in [1.29, 1.82) is 0 Å². The second kappa shape index (κ2) is 7.27. The minimum atomic E-state index is -3.58. The van der Waals surface area contributed by atoms with Crippen molar-refractivity contribution in [1.82, 2.24) is 4.31 Å². The van der Waals surface area contributed by atoms with Crippen molar-refractivity contribution >= 4 is 32.3 Å². The lowest BCUT2D eigenvalue weighted by atomic mass is 10.0. The van der Waals surface area contributed by atoms with E-state index in [2.05, 4.69) is 0 Å². The fourth-order valence-electron chi connectivity index (χ4n) is 2.45. The molecular formula is C13H21ClN2O4S2. The van der Waals surface area contributed by atoms with E-state index in [1.807, 2.05) is 0 Å². The van der Waals surface area contributed by atoms with Crippen LogP contribution in [0.4, 0.5) is 0 Å². The van der Waals surface area contributed by atoms with Crippen molar-refractivity contribution in [3.8, 4) is 0 Å². The molecule has 2 N–H and O–H groups in total. The number of rotatable bonds is 4. The van der Waals surface area contributed by atoms with Crippen LogP contribution >= 0.6 is 12.4 Å². The van der Waals surface area contributed by atoms with E-state index in [0.29, 0.717) is 19.6 Å². The zero-order valence-electron chi connectivity index (χ0n) is 12.3. The lowest BCUT2D eigenvalue weighted by Crippen LogP contribution is -2.41. The molecule has 0 aromatic heterocycles. The van der Waals surface area contributed by atoms with E-state index in [9.17, 15) is 16.8 Å². The molecule has 0 spiro atoms. The number of sulfone groups is 1. The lowest BCUT2D eigenvalue weighted by molar-refractivity contribution is 0.271. The van der Waals surface area contributed by atoms with E-state index >= 15 is 0 Å². The summed E-state index contributed by atoms with van der Waals surface area (Å²) < 4.78 is 49.3. The third-order valence-corrected chi connectivity index (χ3v) is 6.71. The Balaban J connectivity index is 0.00000242. The Hall–Kier alpha value is -0.670. The quantitative estimate of drug-likeness (QED) is 0.850. The normalized spacial score (nSPS) is 20.4. The highest BCUT2D eigenvalue weighted by Crippen LogP contribution is 2.24. The number of halogens is 1. The molecule has 1 aromatic rings. The Morgan fingerprint density at radius 2 is 1.68 bits per heavy atom. The Morgan fingerprint density at radius 1 is 1.14 bits per heavy atom. The molecule has 0 radical (unpaired) electrons. The standard InChI is InChI=1S/C13H20N2O4S2.ClH/c1-20(16,17)12-4-6-13(7-5-12)21(18,19)15-8-2-3-11(9-14)10-15;/h4-7,11H,2-3,8-10,14H2,1H3;1H. The molecule has 1 fully saturated rings. The summed E-state index contributed by atoms with van der Waals surface area (Å²) in [6.07, 6.45) is 2.82. The van der Waals surface area contributed by atoms with Gasteiger partial charge in [0.2, 0.25) is 10.0 Å². The summed E-state index contributed by atoms with van der Waals surface area (Å²) in [4.78, 5) is 0.229. The highest BCUT2D eigenvalue weighted by molar-refractivity contribution is 7.90. The smallest absolute Gasteiger partial charge is 0.243 e. The van der Waals surface area contributed by atoms with Crippen LogP contribution in [0.5, 0.6) is 0 Å². The first kappa shape index (κ1) is 19.4. The number of hydrogen-bond donors (Lipinski definition) is 1. The van der Waals surface area contributed by atoms with Crippen LogP contribution < -0.4 is 5.73 Å². The molecule has 9 heteroatoms. The lowest BCUT2D eigenvalue weighted by Gasteiger charge is -2.31. The van der Waals surface area contributed by atoms with Crippen LogP contribution in [0.15, 0.2) is 34.1 Å². The van der Waals surface area contributed by atoms with Crippen molar-refractivity contribution in [3.05, 3.63) is 24.3 Å². The third-order valence-electron chi connectivity index (χ3n) is 3.70. The van der Waals surface area contributed by atoms with Gasteiger partial charge in [0, 0.05) is 19.3 Å². The van der Waals surface area contributed by atoms with Crippen LogP contribution in [0.2, 0.25) is 0 Å². The second-order valence-corrected chi connectivity index (χ2v) is 9.30. The van der Waals surface area contributed by atoms with Gasteiger partial charge in [0.15, 0.2) is 9.84 Å². The molecule has 6 nitrogen and oxygen atoms in total. The molecule has 126 valence electrons. The van der Waals surface area contributed by atoms with Crippen LogP contribution in [-0.2, 0) is 19.9 Å². The van der Waals surface area contributed by atoms with Crippen LogP contribution in [0.25, 0.3) is 0 Å². The molecule has 1 aliphatic heterocycles. The van der Waals surface area contributed by atoms with Crippen LogP contribution in [0, 0.1) is 5.92 Å². The first-order valence-corrected chi connectivity index (χ1v) is 10.1. The predicted molar refractivity (Wildman–Crippen MR) is 87.3 cm³/mol. The van der Waals surface area contributed by atoms with Crippen molar-refractivity contribution in [2.45, 2.75) is 22.6 Å².